The summed E-state index contributed by atoms with van der Waals surface area (Å²) < 4.78 is 0. The van der Waals surface area contributed by atoms with Crippen LogP contribution in [-0.4, -0.2) is 19.6 Å². The molecule has 0 saturated carbocycles. The Labute approximate surface area is 132 Å². The van der Waals surface area contributed by atoms with Gasteiger partial charge in [-0.3, -0.25) is 0 Å². The minimum atomic E-state index is 0.957. The third-order valence-corrected chi connectivity index (χ3v) is 4.41. The van der Waals surface area contributed by atoms with Gasteiger partial charge in [-0.05, 0) is 63.2 Å². The lowest BCUT2D eigenvalue weighted by Crippen LogP contribution is -2.21. The van der Waals surface area contributed by atoms with E-state index in [0.29, 0.717) is 0 Å². The molecule has 3 heteroatoms. The average Bonchev–Trinajstić information content (AvgIpc) is 2.51. The number of rotatable bonds is 7. The van der Waals surface area contributed by atoms with Gasteiger partial charge in [0.25, 0.3) is 0 Å². The molecule has 0 saturated heterocycles. The molecule has 0 aliphatic carbocycles. The summed E-state index contributed by atoms with van der Waals surface area (Å²) in [5.41, 5.74) is 2.48. The van der Waals surface area contributed by atoms with Gasteiger partial charge in [0.05, 0.1) is 0 Å². The Morgan fingerprint density at radius 2 is 1.62 bits per heavy atom. The Kier molecular flexibility index (Phi) is 6.00. The van der Waals surface area contributed by atoms with E-state index in [4.69, 9.17) is 0 Å². The van der Waals surface area contributed by atoms with Crippen molar-refractivity contribution >= 4 is 23.1 Å². The van der Waals surface area contributed by atoms with E-state index in [1.54, 1.807) is 0 Å². The minimum absolute atomic E-state index is 0.957. The van der Waals surface area contributed by atoms with Crippen LogP contribution in [0.4, 0.5) is 11.4 Å². The van der Waals surface area contributed by atoms with E-state index in [2.05, 4.69) is 79.5 Å². The van der Waals surface area contributed by atoms with Crippen LogP contribution in [0.25, 0.3) is 0 Å². The molecule has 0 radical (unpaired) electrons. The molecule has 2 aromatic rings. The van der Waals surface area contributed by atoms with Crippen molar-refractivity contribution in [2.45, 2.75) is 30.6 Å². The number of anilines is 2. The summed E-state index contributed by atoms with van der Waals surface area (Å²) in [7, 11) is 0. The second kappa shape index (κ2) is 7.99. The van der Waals surface area contributed by atoms with Gasteiger partial charge in [0.1, 0.15) is 0 Å². The predicted molar refractivity (Wildman–Crippen MR) is 94.7 cm³/mol. The standard InChI is InChI=1S/C18H24N2S/c1-4-19-15-10-12-17(13-11-15)21-18-9-7-8-16(14-18)20(5-2)6-3/h7-14,19H,4-6H2,1-3H3. The van der Waals surface area contributed by atoms with Crippen molar-refractivity contribution in [2.24, 2.45) is 0 Å². The highest BCUT2D eigenvalue weighted by atomic mass is 32.2. The van der Waals surface area contributed by atoms with Crippen molar-refractivity contribution in [3.05, 3.63) is 48.5 Å². The highest BCUT2D eigenvalue weighted by Gasteiger charge is 2.04. The van der Waals surface area contributed by atoms with E-state index in [1.165, 1.54) is 21.2 Å². The lowest BCUT2D eigenvalue weighted by atomic mass is 10.3. The fraction of sp³-hybridized carbons (Fsp3) is 0.333. The average molecular weight is 300 g/mol. The lowest BCUT2D eigenvalue weighted by molar-refractivity contribution is 0.864. The lowest BCUT2D eigenvalue weighted by Gasteiger charge is -2.21. The minimum Gasteiger partial charge on any atom is -0.385 e. The Morgan fingerprint density at radius 3 is 2.24 bits per heavy atom. The van der Waals surface area contributed by atoms with Crippen LogP contribution in [-0.2, 0) is 0 Å². The van der Waals surface area contributed by atoms with Crippen LogP contribution >= 0.6 is 11.8 Å². The molecule has 1 N–H and O–H groups in total. The van der Waals surface area contributed by atoms with Crippen LogP contribution in [0.1, 0.15) is 20.8 Å². The molecule has 21 heavy (non-hydrogen) atoms. The number of benzene rings is 2. The second-order valence-corrected chi connectivity index (χ2v) is 5.97. The van der Waals surface area contributed by atoms with Crippen molar-refractivity contribution in [2.75, 3.05) is 29.9 Å². The Bertz CT molecular complexity index is 547. The number of hydrogen-bond acceptors (Lipinski definition) is 3. The van der Waals surface area contributed by atoms with Crippen molar-refractivity contribution < 1.29 is 0 Å². The van der Waals surface area contributed by atoms with Gasteiger partial charge in [-0.2, -0.15) is 0 Å². The third-order valence-electron chi connectivity index (χ3n) is 3.42. The maximum absolute atomic E-state index is 3.32. The van der Waals surface area contributed by atoms with E-state index in [9.17, 15) is 0 Å². The Hall–Kier alpha value is -1.61. The molecule has 0 spiro atoms. The highest BCUT2D eigenvalue weighted by molar-refractivity contribution is 7.99. The van der Waals surface area contributed by atoms with Gasteiger partial charge in [-0.15, -0.1) is 0 Å². The SMILES string of the molecule is CCNc1ccc(Sc2cccc(N(CC)CC)c2)cc1. The molecule has 0 atom stereocenters. The van der Waals surface area contributed by atoms with Gasteiger partial charge >= 0.3 is 0 Å². The number of hydrogen-bond donors (Lipinski definition) is 1. The normalized spacial score (nSPS) is 10.4. The quantitative estimate of drug-likeness (QED) is 0.764. The topological polar surface area (TPSA) is 15.3 Å². The molecule has 0 heterocycles. The van der Waals surface area contributed by atoms with E-state index in [0.717, 1.165) is 19.6 Å². The zero-order valence-corrected chi connectivity index (χ0v) is 13.9. The molecule has 0 amide bonds. The van der Waals surface area contributed by atoms with E-state index in [1.807, 2.05) is 11.8 Å². The molecule has 2 aromatic carbocycles. The van der Waals surface area contributed by atoms with Crippen LogP contribution < -0.4 is 10.2 Å². The highest BCUT2D eigenvalue weighted by Crippen LogP contribution is 2.31. The third kappa shape index (κ3) is 4.43. The Morgan fingerprint density at radius 1 is 0.905 bits per heavy atom. The smallest absolute Gasteiger partial charge is 0.0377 e. The van der Waals surface area contributed by atoms with Crippen LogP contribution in [0.3, 0.4) is 0 Å². The maximum atomic E-state index is 3.32. The summed E-state index contributed by atoms with van der Waals surface area (Å²) in [6, 6.07) is 17.4. The Balaban J connectivity index is 2.10. The van der Waals surface area contributed by atoms with Gasteiger partial charge in [0.2, 0.25) is 0 Å². The molecular formula is C18H24N2S. The van der Waals surface area contributed by atoms with Crippen molar-refractivity contribution in [3.63, 3.8) is 0 Å². The van der Waals surface area contributed by atoms with Crippen molar-refractivity contribution in [1.29, 1.82) is 0 Å². The van der Waals surface area contributed by atoms with Crippen molar-refractivity contribution in [1.82, 2.24) is 0 Å². The molecule has 0 fully saturated rings. The van der Waals surface area contributed by atoms with Gasteiger partial charge in [0, 0.05) is 40.8 Å². The zero-order valence-electron chi connectivity index (χ0n) is 13.1. The van der Waals surface area contributed by atoms with Crippen LogP contribution in [0.5, 0.6) is 0 Å². The second-order valence-electron chi connectivity index (χ2n) is 4.83. The molecule has 0 aliphatic heterocycles. The summed E-state index contributed by atoms with van der Waals surface area (Å²) in [6.07, 6.45) is 0. The maximum Gasteiger partial charge on any atom is 0.0377 e. The summed E-state index contributed by atoms with van der Waals surface area (Å²) >= 11 is 1.81. The molecular weight excluding hydrogens is 276 g/mol. The van der Waals surface area contributed by atoms with Gasteiger partial charge in [-0.25, -0.2) is 0 Å². The number of nitrogens with zero attached hydrogens (tertiary/aromatic N) is 1. The summed E-state index contributed by atoms with van der Waals surface area (Å²) in [4.78, 5) is 4.93. The summed E-state index contributed by atoms with van der Waals surface area (Å²) in [5, 5.41) is 3.32. The molecule has 2 rings (SSSR count). The monoisotopic (exact) mass is 300 g/mol. The molecule has 0 unspecified atom stereocenters. The first-order valence-electron chi connectivity index (χ1n) is 7.63. The van der Waals surface area contributed by atoms with Crippen molar-refractivity contribution in [3.8, 4) is 0 Å². The van der Waals surface area contributed by atoms with Crippen LogP contribution in [0.15, 0.2) is 58.3 Å². The van der Waals surface area contributed by atoms with E-state index >= 15 is 0 Å². The summed E-state index contributed by atoms with van der Waals surface area (Å²) in [6.45, 7) is 9.55. The van der Waals surface area contributed by atoms with Gasteiger partial charge in [-0.1, -0.05) is 17.8 Å². The first kappa shape index (κ1) is 15.8. The zero-order chi connectivity index (χ0) is 15.1. The fourth-order valence-electron chi connectivity index (χ4n) is 2.31. The van der Waals surface area contributed by atoms with Gasteiger partial charge in [0.15, 0.2) is 0 Å². The molecule has 112 valence electrons. The summed E-state index contributed by atoms with van der Waals surface area (Å²) in [5.74, 6) is 0. The predicted octanol–water partition coefficient (Wildman–Crippen LogP) is 5.12. The first-order valence-corrected chi connectivity index (χ1v) is 8.45. The number of nitrogens with one attached hydrogen (secondary N) is 1. The van der Waals surface area contributed by atoms with Gasteiger partial charge < -0.3 is 10.2 Å². The molecule has 2 nitrogen and oxygen atoms in total. The molecule has 0 aromatic heterocycles. The molecule has 0 aliphatic rings. The van der Waals surface area contributed by atoms with E-state index < -0.39 is 0 Å². The fourth-order valence-corrected chi connectivity index (χ4v) is 3.18. The van der Waals surface area contributed by atoms with Crippen LogP contribution in [0, 0.1) is 0 Å². The first-order chi connectivity index (χ1) is 10.3. The van der Waals surface area contributed by atoms with Crippen LogP contribution in [0.2, 0.25) is 0 Å². The van der Waals surface area contributed by atoms with E-state index in [-0.39, 0.29) is 0 Å². The molecule has 0 bridgehead atoms. The largest absolute Gasteiger partial charge is 0.385 e.